The molecule has 0 aliphatic rings. The van der Waals surface area contributed by atoms with Gasteiger partial charge in [-0.05, 0) is 43.2 Å². The van der Waals surface area contributed by atoms with E-state index in [1.165, 1.54) is 5.56 Å². The van der Waals surface area contributed by atoms with Crippen LogP contribution in [0.3, 0.4) is 0 Å². The number of thiophene rings is 1. The Morgan fingerprint density at radius 2 is 2.00 bits per heavy atom. The van der Waals surface area contributed by atoms with Crippen LogP contribution < -0.4 is 5.32 Å². The van der Waals surface area contributed by atoms with Crippen molar-refractivity contribution in [3.8, 4) is 0 Å². The van der Waals surface area contributed by atoms with Crippen LogP contribution in [0.2, 0.25) is 0 Å². The van der Waals surface area contributed by atoms with Crippen LogP contribution in [0.25, 0.3) is 0 Å². The van der Waals surface area contributed by atoms with Gasteiger partial charge in [0.1, 0.15) is 0 Å². The van der Waals surface area contributed by atoms with E-state index in [-0.39, 0.29) is 6.29 Å². The van der Waals surface area contributed by atoms with Gasteiger partial charge in [-0.15, -0.1) is 0 Å². The molecule has 0 aliphatic carbocycles. The van der Waals surface area contributed by atoms with Crippen LogP contribution in [0, 0.1) is 0 Å². The molecular formula is C13H23NO2S. The van der Waals surface area contributed by atoms with Gasteiger partial charge in [0.05, 0.1) is 0 Å². The third-order valence-electron chi connectivity index (χ3n) is 2.58. The number of ether oxygens (including phenoxy) is 2. The fourth-order valence-corrected chi connectivity index (χ4v) is 2.40. The Labute approximate surface area is 108 Å². The highest BCUT2D eigenvalue weighted by Crippen LogP contribution is 2.15. The molecule has 0 aromatic carbocycles. The van der Waals surface area contributed by atoms with Crippen molar-refractivity contribution in [1.29, 1.82) is 0 Å². The summed E-state index contributed by atoms with van der Waals surface area (Å²) in [5, 5.41) is 7.77. The van der Waals surface area contributed by atoms with Crippen molar-refractivity contribution in [2.75, 3.05) is 19.8 Å². The first-order valence-electron chi connectivity index (χ1n) is 6.26. The summed E-state index contributed by atoms with van der Waals surface area (Å²) >= 11 is 1.73. The maximum atomic E-state index is 5.49. The Kier molecular flexibility index (Phi) is 7.44. The molecule has 0 spiro atoms. The summed E-state index contributed by atoms with van der Waals surface area (Å²) < 4.78 is 11.0. The molecule has 1 heterocycles. The zero-order valence-corrected chi connectivity index (χ0v) is 11.8. The van der Waals surface area contributed by atoms with Crippen molar-refractivity contribution in [3.05, 3.63) is 22.4 Å². The van der Waals surface area contributed by atoms with Gasteiger partial charge in [0.2, 0.25) is 0 Å². The third kappa shape index (κ3) is 5.64. The smallest absolute Gasteiger partial charge is 0.158 e. The first kappa shape index (κ1) is 14.6. The topological polar surface area (TPSA) is 30.5 Å². The van der Waals surface area contributed by atoms with Crippen LogP contribution in [0.15, 0.2) is 16.8 Å². The summed E-state index contributed by atoms with van der Waals surface area (Å²) in [6.07, 6.45) is 0.808. The SMILES string of the molecule is CCOC(CCNC(C)c1ccsc1)OCC. The molecule has 0 saturated carbocycles. The van der Waals surface area contributed by atoms with Gasteiger partial charge in [0.25, 0.3) is 0 Å². The van der Waals surface area contributed by atoms with E-state index < -0.39 is 0 Å². The summed E-state index contributed by atoms with van der Waals surface area (Å²) in [5.41, 5.74) is 1.35. The molecule has 0 bridgehead atoms. The Hall–Kier alpha value is -0.420. The minimum atomic E-state index is -0.0767. The van der Waals surface area contributed by atoms with Crippen LogP contribution in [0.5, 0.6) is 0 Å². The van der Waals surface area contributed by atoms with Gasteiger partial charge in [-0.3, -0.25) is 0 Å². The van der Waals surface area contributed by atoms with E-state index in [9.17, 15) is 0 Å². The van der Waals surface area contributed by atoms with Crippen LogP contribution in [0.4, 0.5) is 0 Å². The molecule has 1 unspecified atom stereocenters. The zero-order valence-electron chi connectivity index (χ0n) is 10.9. The molecule has 4 heteroatoms. The van der Waals surface area contributed by atoms with Crippen molar-refractivity contribution >= 4 is 11.3 Å². The molecule has 17 heavy (non-hydrogen) atoms. The highest BCUT2D eigenvalue weighted by Gasteiger charge is 2.09. The quantitative estimate of drug-likeness (QED) is 0.689. The number of rotatable bonds is 9. The molecular weight excluding hydrogens is 234 g/mol. The molecule has 0 radical (unpaired) electrons. The van der Waals surface area contributed by atoms with Gasteiger partial charge < -0.3 is 14.8 Å². The summed E-state index contributed by atoms with van der Waals surface area (Å²) in [6, 6.07) is 2.55. The van der Waals surface area contributed by atoms with Crippen LogP contribution in [-0.2, 0) is 9.47 Å². The Morgan fingerprint density at radius 1 is 1.29 bits per heavy atom. The first-order valence-corrected chi connectivity index (χ1v) is 7.20. The second-order valence-corrected chi connectivity index (χ2v) is 4.64. The van der Waals surface area contributed by atoms with Crippen molar-refractivity contribution in [2.24, 2.45) is 0 Å². The Balaban J connectivity index is 2.21. The van der Waals surface area contributed by atoms with Crippen molar-refractivity contribution in [2.45, 2.75) is 39.5 Å². The predicted molar refractivity (Wildman–Crippen MR) is 72.4 cm³/mol. The van der Waals surface area contributed by atoms with Gasteiger partial charge in [-0.2, -0.15) is 11.3 Å². The molecule has 1 aromatic heterocycles. The molecule has 0 saturated heterocycles. The third-order valence-corrected chi connectivity index (χ3v) is 3.28. The van der Waals surface area contributed by atoms with E-state index in [1.807, 2.05) is 13.8 Å². The second kappa shape index (κ2) is 8.64. The maximum absolute atomic E-state index is 5.49. The summed E-state index contributed by atoms with van der Waals surface area (Å²) in [7, 11) is 0. The minimum Gasteiger partial charge on any atom is -0.353 e. The standard InChI is InChI=1S/C13H23NO2S/c1-4-15-13(16-5-2)6-8-14-11(3)12-7-9-17-10-12/h7,9-11,13-14H,4-6,8H2,1-3H3. The van der Waals surface area contributed by atoms with Crippen LogP contribution in [0.1, 0.15) is 38.8 Å². The number of hydrogen-bond donors (Lipinski definition) is 1. The minimum absolute atomic E-state index is 0.0767. The van der Waals surface area contributed by atoms with Crippen molar-refractivity contribution in [1.82, 2.24) is 5.32 Å². The summed E-state index contributed by atoms with van der Waals surface area (Å²) in [5.74, 6) is 0. The zero-order chi connectivity index (χ0) is 12.5. The number of nitrogens with one attached hydrogen (secondary N) is 1. The lowest BCUT2D eigenvalue weighted by Gasteiger charge is -2.18. The van der Waals surface area contributed by atoms with Gasteiger partial charge in [-0.1, -0.05) is 0 Å². The Morgan fingerprint density at radius 3 is 2.53 bits per heavy atom. The number of hydrogen-bond acceptors (Lipinski definition) is 4. The van der Waals surface area contributed by atoms with Crippen molar-refractivity contribution < 1.29 is 9.47 Å². The predicted octanol–water partition coefficient (Wildman–Crippen LogP) is 3.19. The lowest BCUT2D eigenvalue weighted by atomic mass is 10.2. The van der Waals surface area contributed by atoms with Gasteiger partial charge in [-0.25, -0.2) is 0 Å². The van der Waals surface area contributed by atoms with E-state index in [1.54, 1.807) is 11.3 Å². The monoisotopic (exact) mass is 257 g/mol. The molecule has 1 N–H and O–H groups in total. The van der Waals surface area contributed by atoms with E-state index in [4.69, 9.17) is 9.47 Å². The largest absolute Gasteiger partial charge is 0.353 e. The highest BCUT2D eigenvalue weighted by atomic mass is 32.1. The van der Waals surface area contributed by atoms with Gasteiger partial charge in [0.15, 0.2) is 6.29 Å². The highest BCUT2D eigenvalue weighted by molar-refractivity contribution is 7.07. The molecule has 0 aliphatic heterocycles. The molecule has 98 valence electrons. The average Bonchev–Trinajstić information content (AvgIpc) is 2.83. The first-order chi connectivity index (χ1) is 8.27. The molecule has 1 aromatic rings. The maximum Gasteiger partial charge on any atom is 0.158 e. The molecule has 1 rings (SSSR count). The van der Waals surface area contributed by atoms with E-state index in [0.29, 0.717) is 19.3 Å². The fraction of sp³-hybridized carbons (Fsp3) is 0.692. The summed E-state index contributed by atoms with van der Waals surface area (Å²) in [4.78, 5) is 0. The van der Waals surface area contributed by atoms with Crippen LogP contribution in [-0.4, -0.2) is 26.0 Å². The molecule has 0 amide bonds. The second-order valence-electron chi connectivity index (χ2n) is 3.86. The van der Waals surface area contributed by atoms with E-state index in [2.05, 4.69) is 29.1 Å². The molecule has 1 atom stereocenters. The Bertz CT molecular complexity index is 271. The summed E-state index contributed by atoms with van der Waals surface area (Å²) in [6.45, 7) is 8.47. The normalized spacial score (nSPS) is 13.2. The molecule has 0 fully saturated rings. The van der Waals surface area contributed by atoms with Gasteiger partial charge >= 0.3 is 0 Å². The average molecular weight is 257 g/mol. The fourth-order valence-electron chi connectivity index (χ4n) is 1.64. The van der Waals surface area contributed by atoms with Crippen molar-refractivity contribution in [3.63, 3.8) is 0 Å². The molecule has 3 nitrogen and oxygen atoms in total. The van der Waals surface area contributed by atoms with E-state index in [0.717, 1.165) is 13.0 Å². The van der Waals surface area contributed by atoms with Crippen LogP contribution >= 0.6 is 11.3 Å². The van der Waals surface area contributed by atoms with Gasteiger partial charge in [0, 0.05) is 32.2 Å². The van der Waals surface area contributed by atoms with E-state index >= 15 is 0 Å². The lowest BCUT2D eigenvalue weighted by molar-refractivity contribution is -0.138. The lowest BCUT2D eigenvalue weighted by Crippen LogP contribution is -2.26.